The van der Waals surface area contributed by atoms with Gasteiger partial charge in [-0.15, -0.1) is 0 Å². The Morgan fingerprint density at radius 1 is 1.10 bits per heavy atom. The summed E-state index contributed by atoms with van der Waals surface area (Å²) < 4.78 is 1.76. The van der Waals surface area contributed by atoms with Crippen molar-refractivity contribution in [1.82, 2.24) is 19.7 Å². The summed E-state index contributed by atoms with van der Waals surface area (Å²) in [6, 6.07) is 8.10. The number of hydrogen-bond donors (Lipinski definition) is 1. The Hall–Kier alpha value is -2.69. The van der Waals surface area contributed by atoms with E-state index >= 15 is 0 Å². The van der Waals surface area contributed by atoms with Crippen molar-refractivity contribution < 1.29 is 0 Å². The fourth-order valence-electron chi connectivity index (χ4n) is 2.42. The van der Waals surface area contributed by atoms with Crippen molar-refractivity contribution in [3.63, 3.8) is 0 Å². The number of nitrogen functional groups attached to an aromatic ring is 1. The van der Waals surface area contributed by atoms with Gasteiger partial charge < -0.3 is 5.73 Å². The minimum atomic E-state index is 0.420. The summed E-state index contributed by atoms with van der Waals surface area (Å²) in [6.45, 7) is 4.00. The second kappa shape index (κ2) is 5.01. The molecule has 2 aromatic heterocycles. The predicted molar refractivity (Wildman–Crippen MR) is 83.6 cm³/mol. The molecule has 5 heteroatoms. The molecule has 2 N–H and O–H groups in total. The molecule has 0 aliphatic carbocycles. The summed E-state index contributed by atoms with van der Waals surface area (Å²) in [7, 11) is 1.88. The molecule has 3 rings (SSSR count). The Labute approximate surface area is 123 Å². The van der Waals surface area contributed by atoms with Crippen LogP contribution in [0, 0.1) is 13.8 Å². The van der Waals surface area contributed by atoms with Gasteiger partial charge in [-0.1, -0.05) is 24.3 Å². The molecule has 0 fully saturated rings. The summed E-state index contributed by atoms with van der Waals surface area (Å²) in [5.41, 5.74) is 11.5. The van der Waals surface area contributed by atoms with Crippen molar-refractivity contribution >= 4 is 5.82 Å². The Morgan fingerprint density at radius 3 is 2.52 bits per heavy atom. The first-order valence-corrected chi connectivity index (χ1v) is 6.75. The first-order valence-electron chi connectivity index (χ1n) is 6.75. The molecule has 0 aliphatic heterocycles. The van der Waals surface area contributed by atoms with Crippen LogP contribution in [0.3, 0.4) is 0 Å². The van der Waals surface area contributed by atoms with E-state index in [9.17, 15) is 0 Å². The maximum Gasteiger partial charge on any atom is 0.150 e. The van der Waals surface area contributed by atoms with E-state index in [0.29, 0.717) is 11.5 Å². The van der Waals surface area contributed by atoms with Crippen LogP contribution in [-0.4, -0.2) is 19.7 Å². The summed E-state index contributed by atoms with van der Waals surface area (Å²) in [6.07, 6.45) is 3.63. The van der Waals surface area contributed by atoms with Gasteiger partial charge in [0.25, 0.3) is 0 Å². The number of rotatable bonds is 2. The average molecular weight is 279 g/mol. The van der Waals surface area contributed by atoms with Crippen molar-refractivity contribution in [3.05, 3.63) is 47.9 Å². The van der Waals surface area contributed by atoms with Crippen molar-refractivity contribution in [3.8, 4) is 22.5 Å². The first kappa shape index (κ1) is 13.3. The van der Waals surface area contributed by atoms with Crippen LogP contribution in [-0.2, 0) is 7.05 Å². The van der Waals surface area contributed by atoms with Gasteiger partial charge in [-0.3, -0.25) is 4.68 Å². The number of nitrogens with two attached hydrogens (primary N) is 1. The van der Waals surface area contributed by atoms with Crippen molar-refractivity contribution in [2.45, 2.75) is 13.8 Å². The predicted octanol–water partition coefficient (Wildman–Crippen LogP) is 2.74. The summed E-state index contributed by atoms with van der Waals surface area (Å²) in [5.74, 6) is 0.420. The van der Waals surface area contributed by atoms with E-state index in [-0.39, 0.29) is 0 Å². The average Bonchev–Trinajstić information content (AvgIpc) is 2.79. The zero-order chi connectivity index (χ0) is 15.0. The standard InChI is InChI=1S/C16H17N5/c1-10-6-4-5-7-12(10)14-8-18-16(17)15(19-14)13-9-21(3)20-11(13)2/h4-9H,1-3H3,(H2,17,18). The largest absolute Gasteiger partial charge is 0.382 e. The van der Waals surface area contributed by atoms with Crippen molar-refractivity contribution in [1.29, 1.82) is 0 Å². The van der Waals surface area contributed by atoms with E-state index in [1.54, 1.807) is 10.9 Å². The fourth-order valence-corrected chi connectivity index (χ4v) is 2.42. The molecule has 0 bridgehead atoms. The van der Waals surface area contributed by atoms with E-state index in [2.05, 4.69) is 23.1 Å². The Morgan fingerprint density at radius 2 is 1.86 bits per heavy atom. The first-order chi connectivity index (χ1) is 10.1. The van der Waals surface area contributed by atoms with Crippen LogP contribution >= 0.6 is 0 Å². The third-order valence-corrected chi connectivity index (χ3v) is 3.49. The molecule has 0 atom stereocenters. The monoisotopic (exact) mass is 279 g/mol. The molecule has 0 unspecified atom stereocenters. The van der Waals surface area contributed by atoms with Gasteiger partial charge in [-0.2, -0.15) is 5.10 Å². The molecule has 2 heterocycles. The molecule has 0 spiro atoms. The molecule has 0 saturated carbocycles. The lowest BCUT2D eigenvalue weighted by atomic mass is 10.1. The molecular weight excluding hydrogens is 262 g/mol. The molecule has 0 amide bonds. The second-order valence-corrected chi connectivity index (χ2v) is 5.11. The summed E-state index contributed by atoms with van der Waals surface area (Å²) >= 11 is 0. The minimum Gasteiger partial charge on any atom is -0.382 e. The van der Waals surface area contributed by atoms with Gasteiger partial charge in [-0.25, -0.2) is 9.97 Å². The highest BCUT2D eigenvalue weighted by atomic mass is 15.2. The van der Waals surface area contributed by atoms with E-state index in [0.717, 1.165) is 28.1 Å². The van der Waals surface area contributed by atoms with Crippen molar-refractivity contribution in [2.24, 2.45) is 7.05 Å². The third-order valence-electron chi connectivity index (χ3n) is 3.49. The minimum absolute atomic E-state index is 0.420. The molecule has 5 nitrogen and oxygen atoms in total. The van der Waals surface area contributed by atoms with Crippen molar-refractivity contribution in [2.75, 3.05) is 5.73 Å². The van der Waals surface area contributed by atoms with Crippen LogP contribution in [0.5, 0.6) is 0 Å². The molecule has 0 saturated heterocycles. The Balaban J connectivity index is 2.18. The second-order valence-electron chi connectivity index (χ2n) is 5.11. The molecule has 21 heavy (non-hydrogen) atoms. The van der Waals surface area contributed by atoms with Crippen LogP contribution in [0.1, 0.15) is 11.3 Å². The Kier molecular flexibility index (Phi) is 3.17. The highest BCUT2D eigenvalue weighted by molar-refractivity contribution is 5.74. The number of anilines is 1. The van der Waals surface area contributed by atoms with E-state index in [1.807, 2.05) is 38.4 Å². The topological polar surface area (TPSA) is 69.6 Å². The van der Waals surface area contributed by atoms with Gasteiger partial charge in [0.2, 0.25) is 0 Å². The quantitative estimate of drug-likeness (QED) is 0.783. The number of benzene rings is 1. The maximum atomic E-state index is 6.01. The highest BCUT2D eigenvalue weighted by Gasteiger charge is 2.14. The lowest BCUT2D eigenvalue weighted by Gasteiger charge is -2.08. The third kappa shape index (κ3) is 2.38. The van der Waals surface area contributed by atoms with Crippen LogP contribution in [0.2, 0.25) is 0 Å². The zero-order valence-corrected chi connectivity index (χ0v) is 12.3. The molecule has 0 aliphatic rings. The smallest absolute Gasteiger partial charge is 0.150 e. The van der Waals surface area contributed by atoms with Crippen LogP contribution < -0.4 is 5.73 Å². The van der Waals surface area contributed by atoms with Gasteiger partial charge in [0.15, 0.2) is 0 Å². The van der Waals surface area contributed by atoms with E-state index < -0.39 is 0 Å². The molecule has 3 aromatic rings. The number of aryl methyl sites for hydroxylation is 3. The summed E-state index contributed by atoms with van der Waals surface area (Å²) in [5, 5.41) is 4.34. The number of aromatic nitrogens is 4. The number of hydrogen-bond acceptors (Lipinski definition) is 4. The normalized spacial score (nSPS) is 10.8. The van der Waals surface area contributed by atoms with Gasteiger partial charge in [0.1, 0.15) is 11.5 Å². The van der Waals surface area contributed by atoms with E-state index in [1.165, 1.54) is 0 Å². The highest BCUT2D eigenvalue weighted by Crippen LogP contribution is 2.28. The lowest BCUT2D eigenvalue weighted by molar-refractivity contribution is 0.756. The Bertz CT molecular complexity index is 804. The van der Waals surface area contributed by atoms with Gasteiger partial charge >= 0.3 is 0 Å². The van der Waals surface area contributed by atoms with Gasteiger partial charge in [0, 0.05) is 24.4 Å². The molecule has 0 radical (unpaired) electrons. The van der Waals surface area contributed by atoms with Crippen LogP contribution in [0.15, 0.2) is 36.7 Å². The van der Waals surface area contributed by atoms with Gasteiger partial charge in [0.05, 0.1) is 17.6 Å². The van der Waals surface area contributed by atoms with E-state index in [4.69, 9.17) is 10.7 Å². The maximum absolute atomic E-state index is 6.01. The molecular formula is C16H17N5. The number of nitrogens with zero attached hydrogens (tertiary/aromatic N) is 4. The van der Waals surface area contributed by atoms with Gasteiger partial charge in [-0.05, 0) is 19.4 Å². The zero-order valence-electron chi connectivity index (χ0n) is 12.3. The van der Waals surface area contributed by atoms with Crippen LogP contribution in [0.25, 0.3) is 22.5 Å². The molecule has 1 aromatic carbocycles. The van der Waals surface area contributed by atoms with Crippen LogP contribution in [0.4, 0.5) is 5.82 Å². The SMILES string of the molecule is Cc1ccccc1-c1cnc(N)c(-c2cn(C)nc2C)n1. The fraction of sp³-hybridized carbons (Fsp3) is 0.188. The lowest BCUT2D eigenvalue weighted by Crippen LogP contribution is -1.99. The molecule has 106 valence electrons. The summed E-state index contributed by atoms with van der Waals surface area (Å²) in [4.78, 5) is 9.01.